The van der Waals surface area contributed by atoms with Crippen LogP contribution in [0.1, 0.15) is 0 Å². The SMILES string of the molecule is C=C(Br)CNS(=O)(=O)c1cc(Br)sc1Br. The second-order valence-corrected chi connectivity index (χ2v) is 9.14. The summed E-state index contributed by atoms with van der Waals surface area (Å²) >= 11 is 10.8. The molecule has 3 nitrogen and oxygen atoms in total. The molecule has 0 aliphatic rings. The molecule has 1 aromatic heterocycles. The van der Waals surface area contributed by atoms with Crippen molar-refractivity contribution in [2.75, 3.05) is 6.54 Å². The van der Waals surface area contributed by atoms with Crippen LogP contribution in [-0.2, 0) is 10.0 Å². The summed E-state index contributed by atoms with van der Waals surface area (Å²) in [5, 5.41) is 0. The fourth-order valence-electron chi connectivity index (χ4n) is 0.759. The van der Waals surface area contributed by atoms with Crippen LogP contribution in [0.5, 0.6) is 0 Å². The van der Waals surface area contributed by atoms with Crippen LogP contribution in [-0.4, -0.2) is 15.0 Å². The summed E-state index contributed by atoms with van der Waals surface area (Å²) in [4.78, 5) is 0.230. The first kappa shape index (κ1) is 13.9. The van der Waals surface area contributed by atoms with Crippen molar-refractivity contribution >= 4 is 69.1 Å². The molecule has 0 saturated carbocycles. The molecular formula is C7H6Br3NO2S2. The predicted molar refractivity (Wildman–Crippen MR) is 73.0 cm³/mol. The van der Waals surface area contributed by atoms with Gasteiger partial charge in [0.05, 0.1) is 7.57 Å². The summed E-state index contributed by atoms with van der Waals surface area (Å²) in [6.45, 7) is 3.72. The third-order valence-corrected chi connectivity index (χ3v) is 5.81. The minimum Gasteiger partial charge on any atom is -0.207 e. The van der Waals surface area contributed by atoms with Crippen LogP contribution in [0.15, 0.2) is 29.6 Å². The van der Waals surface area contributed by atoms with Crippen molar-refractivity contribution in [1.82, 2.24) is 4.72 Å². The molecule has 15 heavy (non-hydrogen) atoms. The van der Waals surface area contributed by atoms with Gasteiger partial charge >= 0.3 is 0 Å². The fraction of sp³-hybridized carbons (Fsp3) is 0.143. The molecule has 1 aromatic rings. The average molecular weight is 440 g/mol. The Morgan fingerprint density at radius 1 is 1.53 bits per heavy atom. The molecule has 0 fully saturated rings. The summed E-state index contributed by atoms with van der Waals surface area (Å²) in [6, 6.07) is 1.55. The fourth-order valence-corrected chi connectivity index (χ4v) is 5.92. The lowest BCUT2D eigenvalue weighted by Crippen LogP contribution is -2.24. The van der Waals surface area contributed by atoms with E-state index >= 15 is 0 Å². The monoisotopic (exact) mass is 437 g/mol. The average Bonchev–Trinajstić information content (AvgIpc) is 2.43. The van der Waals surface area contributed by atoms with Crippen molar-refractivity contribution in [3.05, 3.63) is 24.7 Å². The number of hydrogen-bond donors (Lipinski definition) is 1. The normalized spacial score (nSPS) is 11.7. The molecule has 0 spiro atoms. The lowest BCUT2D eigenvalue weighted by molar-refractivity contribution is 0.585. The first-order chi connectivity index (χ1) is 6.83. The minimum atomic E-state index is -3.47. The first-order valence-corrected chi connectivity index (χ1v) is 8.28. The number of halogens is 3. The Labute approximate surface area is 117 Å². The summed E-state index contributed by atoms with van der Waals surface area (Å²) < 4.78 is 27.8. The van der Waals surface area contributed by atoms with E-state index in [-0.39, 0.29) is 11.4 Å². The van der Waals surface area contributed by atoms with Crippen molar-refractivity contribution in [1.29, 1.82) is 0 Å². The highest BCUT2D eigenvalue weighted by Gasteiger charge is 2.19. The number of nitrogens with one attached hydrogen (secondary N) is 1. The molecule has 0 saturated heterocycles. The number of sulfonamides is 1. The van der Waals surface area contributed by atoms with E-state index in [0.29, 0.717) is 8.27 Å². The van der Waals surface area contributed by atoms with E-state index in [9.17, 15) is 8.42 Å². The van der Waals surface area contributed by atoms with Gasteiger partial charge in [0, 0.05) is 11.0 Å². The molecule has 1 N–H and O–H groups in total. The maximum Gasteiger partial charge on any atom is 0.242 e. The summed E-state index contributed by atoms with van der Waals surface area (Å²) in [5.41, 5.74) is 0. The van der Waals surface area contributed by atoms with Gasteiger partial charge in [-0.25, -0.2) is 13.1 Å². The van der Waals surface area contributed by atoms with Crippen molar-refractivity contribution in [3.63, 3.8) is 0 Å². The van der Waals surface area contributed by atoms with Gasteiger partial charge in [-0.3, -0.25) is 0 Å². The number of hydrogen-bond acceptors (Lipinski definition) is 3. The predicted octanol–water partition coefficient (Wildman–Crippen LogP) is 3.46. The lowest BCUT2D eigenvalue weighted by atomic mass is 10.7. The van der Waals surface area contributed by atoms with Gasteiger partial charge < -0.3 is 0 Å². The highest BCUT2D eigenvalue weighted by Crippen LogP contribution is 2.34. The van der Waals surface area contributed by atoms with Crippen LogP contribution in [0, 0.1) is 0 Å². The Balaban J connectivity index is 2.96. The molecule has 0 unspecified atom stereocenters. The van der Waals surface area contributed by atoms with Gasteiger partial charge in [-0.15, -0.1) is 11.3 Å². The Hall–Kier alpha value is 0.790. The molecular weight excluding hydrogens is 434 g/mol. The molecule has 0 aliphatic carbocycles. The second kappa shape index (κ2) is 5.42. The Morgan fingerprint density at radius 2 is 2.13 bits per heavy atom. The summed E-state index contributed by atoms with van der Waals surface area (Å²) in [6.07, 6.45) is 0. The van der Waals surface area contributed by atoms with Gasteiger partial charge in [0.15, 0.2) is 0 Å². The number of thiophene rings is 1. The Bertz CT molecular complexity index is 480. The van der Waals surface area contributed by atoms with E-state index in [0.717, 1.165) is 3.79 Å². The van der Waals surface area contributed by atoms with E-state index in [2.05, 4.69) is 59.1 Å². The van der Waals surface area contributed by atoms with Gasteiger partial charge in [-0.1, -0.05) is 22.5 Å². The maximum absolute atomic E-state index is 11.8. The molecule has 0 aromatic carbocycles. The first-order valence-electron chi connectivity index (χ1n) is 3.60. The second-order valence-electron chi connectivity index (χ2n) is 2.53. The Morgan fingerprint density at radius 3 is 2.53 bits per heavy atom. The zero-order valence-corrected chi connectivity index (χ0v) is 13.6. The van der Waals surface area contributed by atoms with Crippen LogP contribution >= 0.6 is 59.1 Å². The zero-order chi connectivity index (χ0) is 11.6. The Kier molecular flexibility index (Phi) is 5.00. The molecule has 0 amide bonds. The quantitative estimate of drug-likeness (QED) is 0.780. The van der Waals surface area contributed by atoms with E-state index in [1.54, 1.807) is 6.07 Å². The van der Waals surface area contributed by atoms with Gasteiger partial charge in [0.25, 0.3) is 0 Å². The topological polar surface area (TPSA) is 46.2 Å². The highest BCUT2D eigenvalue weighted by atomic mass is 79.9. The van der Waals surface area contributed by atoms with Crippen molar-refractivity contribution in [2.45, 2.75) is 4.90 Å². The summed E-state index contributed by atoms with van der Waals surface area (Å²) in [5.74, 6) is 0. The van der Waals surface area contributed by atoms with Gasteiger partial charge in [-0.05, 0) is 37.9 Å². The molecule has 0 radical (unpaired) electrons. The zero-order valence-electron chi connectivity index (χ0n) is 7.26. The molecule has 0 bridgehead atoms. The molecule has 8 heteroatoms. The lowest BCUT2D eigenvalue weighted by Gasteiger charge is -2.03. The molecule has 0 atom stereocenters. The standard InChI is InChI=1S/C7H6Br3NO2S2/c1-4(8)3-11-15(12,13)5-2-6(9)14-7(5)10/h2,11H,1,3H2. The van der Waals surface area contributed by atoms with E-state index < -0.39 is 10.0 Å². The van der Waals surface area contributed by atoms with Gasteiger partial charge in [0.2, 0.25) is 10.0 Å². The largest absolute Gasteiger partial charge is 0.242 e. The molecule has 1 rings (SSSR count). The van der Waals surface area contributed by atoms with E-state index in [4.69, 9.17) is 0 Å². The minimum absolute atomic E-state index is 0.169. The van der Waals surface area contributed by atoms with Gasteiger partial charge in [-0.2, -0.15) is 0 Å². The van der Waals surface area contributed by atoms with Crippen LogP contribution < -0.4 is 4.72 Å². The van der Waals surface area contributed by atoms with Crippen LogP contribution in [0.4, 0.5) is 0 Å². The summed E-state index contributed by atoms with van der Waals surface area (Å²) in [7, 11) is -3.47. The smallest absolute Gasteiger partial charge is 0.207 e. The van der Waals surface area contributed by atoms with Crippen LogP contribution in [0.2, 0.25) is 0 Å². The highest BCUT2D eigenvalue weighted by molar-refractivity contribution is 9.12. The van der Waals surface area contributed by atoms with Crippen molar-refractivity contribution in [3.8, 4) is 0 Å². The van der Waals surface area contributed by atoms with E-state index in [1.165, 1.54) is 11.3 Å². The van der Waals surface area contributed by atoms with E-state index in [1.807, 2.05) is 0 Å². The van der Waals surface area contributed by atoms with Gasteiger partial charge in [0.1, 0.15) is 4.90 Å². The van der Waals surface area contributed by atoms with Crippen LogP contribution in [0.25, 0.3) is 0 Å². The maximum atomic E-state index is 11.8. The van der Waals surface area contributed by atoms with Crippen molar-refractivity contribution < 1.29 is 8.42 Å². The third-order valence-electron chi connectivity index (χ3n) is 1.37. The molecule has 84 valence electrons. The van der Waals surface area contributed by atoms with Crippen LogP contribution in [0.3, 0.4) is 0 Å². The molecule has 1 heterocycles. The van der Waals surface area contributed by atoms with Crippen molar-refractivity contribution in [2.24, 2.45) is 0 Å². The number of rotatable bonds is 4. The molecule has 0 aliphatic heterocycles. The third kappa shape index (κ3) is 3.94.